The van der Waals surface area contributed by atoms with Crippen LogP contribution in [-0.2, 0) is 4.74 Å². The highest BCUT2D eigenvalue weighted by atomic mass is 32.1. The number of ketones is 1. The van der Waals surface area contributed by atoms with E-state index in [4.69, 9.17) is 18.9 Å². The first-order chi connectivity index (χ1) is 14.4. The number of esters is 1. The lowest BCUT2D eigenvalue weighted by molar-refractivity contribution is 0.0605. The van der Waals surface area contributed by atoms with Gasteiger partial charge in [0.2, 0.25) is 0 Å². The Morgan fingerprint density at radius 2 is 1.63 bits per heavy atom. The number of nitrogens with zero attached hydrogens (tertiary/aromatic N) is 1. The molecule has 1 aromatic carbocycles. The van der Waals surface area contributed by atoms with E-state index in [1.165, 1.54) is 52.0 Å². The van der Waals surface area contributed by atoms with Crippen molar-refractivity contribution in [3.05, 3.63) is 52.0 Å². The van der Waals surface area contributed by atoms with E-state index >= 15 is 0 Å². The predicted octanol–water partition coefficient (Wildman–Crippen LogP) is 4.31. The lowest BCUT2D eigenvalue weighted by Gasteiger charge is -2.12. The first-order valence-electron chi connectivity index (χ1n) is 8.93. The molecule has 0 saturated carbocycles. The van der Waals surface area contributed by atoms with Gasteiger partial charge in [0, 0.05) is 28.8 Å². The van der Waals surface area contributed by atoms with Gasteiger partial charge < -0.3 is 18.9 Å². The highest BCUT2D eigenvalue weighted by molar-refractivity contribution is 7.20. The first-order valence-corrected chi connectivity index (χ1v) is 9.75. The summed E-state index contributed by atoms with van der Waals surface area (Å²) >= 11 is 1.24. The maximum Gasteiger partial charge on any atom is 0.348 e. The van der Waals surface area contributed by atoms with Crippen LogP contribution in [0.25, 0.3) is 16.3 Å². The van der Waals surface area contributed by atoms with Crippen LogP contribution in [0.15, 0.2) is 30.5 Å². The van der Waals surface area contributed by atoms with Crippen molar-refractivity contribution in [1.29, 1.82) is 0 Å². The number of aromatic nitrogens is 1. The number of allylic oxidation sites excluding steroid dienone is 1. The largest absolute Gasteiger partial charge is 0.496 e. The van der Waals surface area contributed by atoms with Gasteiger partial charge in [-0.2, -0.15) is 0 Å². The van der Waals surface area contributed by atoms with Gasteiger partial charge in [-0.05, 0) is 36.8 Å². The van der Waals surface area contributed by atoms with E-state index in [1.54, 1.807) is 24.3 Å². The molecule has 3 aromatic rings. The summed E-state index contributed by atoms with van der Waals surface area (Å²) in [4.78, 5) is 30.1. The summed E-state index contributed by atoms with van der Waals surface area (Å²) in [6.07, 6.45) is 4.58. The van der Waals surface area contributed by atoms with Crippen LogP contribution < -0.4 is 14.2 Å². The fourth-order valence-corrected chi connectivity index (χ4v) is 4.02. The number of carbonyl (C=O) groups is 2. The maximum absolute atomic E-state index is 12.7. The van der Waals surface area contributed by atoms with Crippen LogP contribution in [0.1, 0.15) is 31.2 Å². The predicted molar refractivity (Wildman–Crippen MR) is 115 cm³/mol. The molecule has 0 aliphatic rings. The van der Waals surface area contributed by atoms with E-state index in [-0.39, 0.29) is 5.78 Å². The Bertz CT molecular complexity index is 1150. The molecule has 8 heteroatoms. The quantitative estimate of drug-likeness (QED) is 0.315. The van der Waals surface area contributed by atoms with Gasteiger partial charge >= 0.3 is 5.97 Å². The molecule has 0 aliphatic carbocycles. The number of fused-ring (bicyclic) bond motifs is 1. The van der Waals surface area contributed by atoms with Crippen LogP contribution in [0.2, 0.25) is 0 Å². The summed E-state index contributed by atoms with van der Waals surface area (Å²) in [7, 11) is 5.95. The molecule has 30 heavy (non-hydrogen) atoms. The van der Waals surface area contributed by atoms with E-state index in [0.29, 0.717) is 38.1 Å². The zero-order valence-electron chi connectivity index (χ0n) is 17.3. The third-order valence-electron chi connectivity index (χ3n) is 4.60. The Hall–Kier alpha value is -3.39. The summed E-state index contributed by atoms with van der Waals surface area (Å²) in [5.41, 5.74) is 1.82. The minimum absolute atomic E-state index is 0.230. The van der Waals surface area contributed by atoms with Crippen LogP contribution in [0.5, 0.6) is 17.2 Å². The summed E-state index contributed by atoms with van der Waals surface area (Å²) in [5.74, 6) is 0.955. The van der Waals surface area contributed by atoms with Crippen molar-refractivity contribution in [2.24, 2.45) is 0 Å². The number of hydrogen-bond acceptors (Lipinski definition) is 8. The Morgan fingerprint density at radius 3 is 2.27 bits per heavy atom. The topological polar surface area (TPSA) is 84.0 Å². The van der Waals surface area contributed by atoms with E-state index < -0.39 is 5.97 Å². The van der Waals surface area contributed by atoms with Crippen molar-refractivity contribution in [3.63, 3.8) is 0 Å². The van der Waals surface area contributed by atoms with E-state index in [1.807, 2.05) is 6.92 Å². The summed E-state index contributed by atoms with van der Waals surface area (Å²) in [6.45, 7) is 1.81. The number of methoxy groups -OCH3 is 4. The average Bonchev–Trinajstić information content (AvgIpc) is 3.11. The summed E-state index contributed by atoms with van der Waals surface area (Å²) < 4.78 is 20.8. The van der Waals surface area contributed by atoms with Crippen LogP contribution in [0.4, 0.5) is 0 Å². The van der Waals surface area contributed by atoms with Crippen LogP contribution in [-0.4, -0.2) is 45.2 Å². The Morgan fingerprint density at radius 1 is 0.967 bits per heavy atom. The molecule has 0 aliphatic heterocycles. The molecule has 2 aromatic heterocycles. The van der Waals surface area contributed by atoms with Crippen molar-refractivity contribution in [3.8, 4) is 17.2 Å². The second kappa shape index (κ2) is 8.96. The Balaban J connectivity index is 1.94. The number of hydrogen-bond donors (Lipinski definition) is 0. The normalized spacial score (nSPS) is 11.0. The second-order valence-corrected chi connectivity index (χ2v) is 7.27. The monoisotopic (exact) mass is 427 g/mol. The minimum atomic E-state index is -0.413. The lowest BCUT2D eigenvalue weighted by atomic mass is 10.1. The molecule has 156 valence electrons. The number of rotatable bonds is 7. The van der Waals surface area contributed by atoms with Crippen molar-refractivity contribution in [2.75, 3.05) is 28.4 Å². The molecular formula is C22H21NO6S. The number of pyridine rings is 1. The Kier molecular flexibility index (Phi) is 6.37. The SMILES string of the molecule is COC(=O)c1sc2ncc(C(=O)/C=C/c3cc(OC)c(OC)cc3OC)cc2c1C. The van der Waals surface area contributed by atoms with E-state index in [9.17, 15) is 9.59 Å². The first kappa shape index (κ1) is 21.3. The van der Waals surface area contributed by atoms with Gasteiger partial charge in [-0.25, -0.2) is 9.78 Å². The van der Waals surface area contributed by atoms with Gasteiger partial charge in [-0.3, -0.25) is 4.79 Å². The number of benzene rings is 1. The van der Waals surface area contributed by atoms with Crippen LogP contribution in [0.3, 0.4) is 0 Å². The molecule has 0 unspecified atom stereocenters. The molecule has 3 rings (SSSR count). The number of aryl methyl sites for hydroxylation is 1. The average molecular weight is 427 g/mol. The molecule has 0 atom stereocenters. The molecular weight excluding hydrogens is 406 g/mol. The minimum Gasteiger partial charge on any atom is -0.496 e. The molecule has 7 nitrogen and oxygen atoms in total. The van der Waals surface area contributed by atoms with Gasteiger partial charge in [0.1, 0.15) is 15.5 Å². The van der Waals surface area contributed by atoms with Crippen molar-refractivity contribution in [1.82, 2.24) is 4.98 Å². The van der Waals surface area contributed by atoms with Crippen LogP contribution in [0, 0.1) is 6.92 Å². The third-order valence-corrected chi connectivity index (χ3v) is 5.80. The summed E-state index contributed by atoms with van der Waals surface area (Å²) in [5, 5.41) is 0.753. The van der Waals surface area contributed by atoms with Crippen molar-refractivity contribution in [2.45, 2.75) is 6.92 Å². The highest BCUT2D eigenvalue weighted by Gasteiger charge is 2.18. The molecule has 0 fully saturated rings. The van der Waals surface area contributed by atoms with Gasteiger partial charge in [0.05, 0.1) is 28.4 Å². The highest BCUT2D eigenvalue weighted by Crippen LogP contribution is 2.35. The van der Waals surface area contributed by atoms with E-state index in [2.05, 4.69) is 4.98 Å². The molecule has 0 radical (unpaired) electrons. The second-order valence-electron chi connectivity index (χ2n) is 6.27. The molecule has 0 amide bonds. The Labute approximate surface area is 177 Å². The van der Waals surface area contributed by atoms with Crippen LogP contribution >= 0.6 is 11.3 Å². The fraction of sp³-hybridized carbons (Fsp3) is 0.227. The zero-order chi connectivity index (χ0) is 21.8. The maximum atomic E-state index is 12.7. The number of ether oxygens (including phenoxy) is 4. The number of carbonyl (C=O) groups excluding carboxylic acids is 2. The molecule has 0 saturated heterocycles. The molecule has 0 bridgehead atoms. The van der Waals surface area contributed by atoms with Gasteiger partial charge in [-0.15, -0.1) is 11.3 Å². The smallest absolute Gasteiger partial charge is 0.348 e. The fourth-order valence-electron chi connectivity index (χ4n) is 2.96. The lowest BCUT2D eigenvalue weighted by Crippen LogP contribution is -1.99. The van der Waals surface area contributed by atoms with Gasteiger partial charge in [0.25, 0.3) is 0 Å². The molecule has 0 spiro atoms. The van der Waals surface area contributed by atoms with Gasteiger partial charge in [-0.1, -0.05) is 0 Å². The number of thiophene rings is 1. The van der Waals surface area contributed by atoms with Crippen molar-refractivity contribution >= 4 is 39.4 Å². The van der Waals surface area contributed by atoms with Gasteiger partial charge in [0.15, 0.2) is 17.3 Å². The summed E-state index contributed by atoms with van der Waals surface area (Å²) in [6, 6.07) is 5.16. The molecule has 0 N–H and O–H groups in total. The van der Waals surface area contributed by atoms with Crippen molar-refractivity contribution < 1.29 is 28.5 Å². The zero-order valence-corrected chi connectivity index (χ0v) is 18.1. The molecule has 2 heterocycles. The van der Waals surface area contributed by atoms with E-state index in [0.717, 1.165) is 10.9 Å². The third kappa shape index (κ3) is 3.99. The standard InChI is InChI=1S/C22H21NO6S/c1-12-15-8-14(11-23-21(15)30-20(12)22(25)29-5)16(24)7-6-13-9-18(27-3)19(28-4)10-17(13)26-2/h6-11H,1-5H3/b7-6+.